The van der Waals surface area contributed by atoms with Crippen LogP contribution in [0.5, 0.6) is 6.01 Å². The van der Waals surface area contributed by atoms with Crippen LogP contribution in [-0.4, -0.2) is 30.3 Å². The summed E-state index contributed by atoms with van der Waals surface area (Å²) >= 11 is 0. The summed E-state index contributed by atoms with van der Waals surface area (Å²) in [6, 6.07) is 12.5. The monoisotopic (exact) mass is 315 g/mol. The SMILES string of the molecule is CC(C)Oc1nc(NC[Si](C)(C)C)cc(-c2ccccc2)n1. The zero-order chi connectivity index (χ0) is 16.2. The van der Waals surface area contributed by atoms with Gasteiger partial charge < -0.3 is 10.1 Å². The average molecular weight is 315 g/mol. The Kier molecular flexibility index (Phi) is 5.18. The second-order valence-electron chi connectivity index (χ2n) is 6.87. The van der Waals surface area contributed by atoms with Gasteiger partial charge in [-0.15, -0.1) is 0 Å². The number of nitrogens with zero attached hydrogens (tertiary/aromatic N) is 2. The lowest BCUT2D eigenvalue weighted by Crippen LogP contribution is -2.31. The minimum atomic E-state index is -1.20. The van der Waals surface area contributed by atoms with E-state index in [1.54, 1.807) is 0 Å². The van der Waals surface area contributed by atoms with Crippen molar-refractivity contribution in [3.05, 3.63) is 36.4 Å². The van der Waals surface area contributed by atoms with Gasteiger partial charge in [-0.2, -0.15) is 9.97 Å². The molecule has 0 saturated heterocycles. The van der Waals surface area contributed by atoms with Gasteiger partial charge in [0.1, 0.15) is 5.82 Å². The van der Waals surface area contributed by atoms with Crippen LogP contribution < -0.4 is 10.1 Å². The molecule has 0 radical (unpaired) electrons. The first-order valence-corrected chi connectivity index (χ1v) is 11.4. The lowest BCUT2D eigenvalue weighted by atomic mass is 10.1. The average Bonchev–Trinajstić information content (AvgIpc) is 2.44. The molecule has 0 bridgehead atoms. The smallest absolute Gasteiger partial charge is 0.319 e. The number of hydrogen-bond donors (Lipinski definition) is 1. The molecule has 2 rings (SSSR count). The molecular weight excluding hydrogens is 290 g/mol. The topological polar surface area (TPSA) is 47.0 Å². The molecule has 0 amide bonds. The van der Waals surface area contributed by atoms with Gasteiger partial charge in [0.05, 0.1) is 19.9 Å². The van der Waals surface area contributed by atoms with E-state index in [0.29, 0.717) is 6.01 Å². The van der Waals surface area contributed by atoms with E-state index in [-0.39, 0.29) is 6.10 Å². The molecule has 0 unspecified atom stereocenters. The van der Waals surface area contributed by atoms with E-state index < -0.39 is 8.07 Å². The quantitative estimate of drug-likeness (QED) is 0.811. The molecule has 1 heterocycles. The summed E-state index contributed by atoms with van der Waals surface area (Å²) in [4.78, 5) is 9.01. The first-order chi connectivity index (χ1) is 10.3. The summed E-state index contributed by atoms with van der Waals surface area (Å²) in [5, 5.41) is 3.44. The number of nitrogens with one attached hydrogen (secondary N) is 1. The van der Waals surface area contributed by atoms with E-state index >= 15 is 0 Å². The van der Waals surface area contributed by atoms with Crippen LogP contribution in [0.1, 0.15) is 13.8 Å². The van der Waals surface area contributed by atoms with E-state index in [1.165, 1.54) is 0 Å². The fraction of sp³-hybridized carbons (Fsp3) is 0.412. The van der Waals surface area contributed by atoms with E-state index in [0.717, 1.165) is 23.2 Å². The molecule has 0 atom stereocenters. The second-order valence-corrected chi connectivity index (χ2v) is 12.3. The molecule has 0 aliphatic rings. The summed E-state index contributed by atoms with van der Waals surface area (Å²) in [5.74, 6) is 0.826. The Morgan fingerprint density at radius 1 is 1.09 bits per heavy atom. The van der Waals surface area contributed by atoms with E-state index in [4.69, 9.17) is 4.74 Å². The third kappa shape index (κ3) is 5.15. The standard InChI is InChI=1S/C17H25N3OSi/c1-13(2)21-17-19-15(14-9-7-6-8-10-14)11-16(20-17)18-12-22(3,4)5/h6-11,13H,12H2,1-5H3,(H,18,19,20). The van der Waals surface area contributed by atoms with Gasteiger partial charge in [-0.3, -0.25) is 0 Å². The van der Waals surface area contributed by atoms with E-state index in [9.17, 15) is 0 Å². The minimum absolute atomic E-state index is 0.0517. The Labute approximate surface area is 134 Å². The normalized spacial score (nSPS) is 11.5. The maximum atomic E-state index is 5.70. The number of aromatic nitrogens is 2. The van der Waals surface area contributed by atoms with Crippen molar-refractivity contribution in [3.8, 4) is 17.3 Å². The first kappa shape index (κ1) is 16.5. The van der Waals surface area contributed by atoms with Crippen LogP contribution in [0.4, 0.5) is 5.82 Å². The highest BCUT2D eigenvalue weighted by Crippen LogP contribution is 2.22. The molecule has 1 aromatic heterocycles. The highest BCUT2D eigenvalue weighted by molar-refractivity contribution is 6.76. The van der Waals surface area contributed by atoms with Crippen molar-refractivity contribution in [2.24, 2.45) is 0 Å². The third-order valence-electron chi connectivity index (χ3n) is 2.92. The molecule has 118 valence electrons. The van der Waals surface area contributed by atoms with Crippen LogP contribution in [0.3, 0.4) is 0 Å². The van der Waals surface area contributed by atoms with Gasteiger partial charge in [0.2, 0.25) is 0 Å². The molecule has 0 spiro atoms. The van der Waals surface area contributed by atoms with Gasteiger partial charge in [-0.1, -0.05) is 50.0 Å². The van der Waals surface area contributed by atoms with E-state index in [1.807, 2.05) is 50.2 Å². The second kappa shape index (κ2) is 6.92. The summed E-state index contributed by atoms with van der Waals surface area (Å²) in [5.41, 5.74) is 1.94. The number of rotatable bonds is 6. The van der Waals surface area contributed by atoms with Gasteiger partial charge in [0.15, 0.2) is 0 Å². The van der Waals surface area contributed by atoms with Crippen molar-refractivity contribution in [2.75, 3.05) is 11.5 Å². The van der Waals surface area contributed by atoms with Crippen LogP contribution in [0, 0.1) is 0 Å². The Hall–Kier alpha value is -1.88. The highest BCUT2D eigenvalue weighted by Gasteiger charge is 2.14. The zero-order valence-corrected chi connectivity index (χ0v) is 15.1. The fourth-order valence-electron chi connectivity index (χ4n) is 1.89. The highest BCUT2D eigenvalue weighted by atomic mass is 28.3. The molecule has 0 aliphatic carbocycles. The third-order valence-corrected chi connectivity index (χ3v) is 4.15. The van der Waals surface area contributed by atoms with Crippen molar-refractivity contribution in [1.82, 2.24) is 9.97 Å². The van der Waals surface area contributed by atoms with Crippen molar-refractivity contribution in [2.45, 2.75) is 39.6 Å². The first-order valence-electron chi connectivity index (χ1n) is 7.68. The maximum Gasteiger partial charge on any atom is 0.319 e. The Bertz CT molecular complexity index is 609. The van der Waals surface area contributed by atoms with E-state index in [2.05, 4.69) is 34.9 Å². The Balaban J connectivity index is 2.32. The lowest BCUT2D eigenvalue weighted by Gasteiger charge is -2.18. The Morgan fingerprint density at radius 2 is 1.77 bits per heavy atom. The molecule has 1 N–H and O–H groups in total. The molecular formula is C17H25N3OSi. The summed E-state index contributed by atoms with van der Waals surface area (Å²) in [7, 11) is -1.20. The molecule has 4 nitrogen and oxygen atoms in total. The number of hydrogen-bond acceptors (Lipinski definition) is 4. The van der Waals surface area contributed by atoms with Gasteiger partial charge in [-0.25, -0.2) is 0 Å². The molecule has 22 heavy (non-hydrogen) atoms. The Morgan fingerprint density at radius 3 is 2.36 bits per heavy atom. The van der Waals surface area contributed by atoms with Gasteiger partial charge in [-0.05, 0) is 13.8 Å². The van der Waals surface area contributed by atoms with Crippen molar-refractivity contribution >= 4 is 13.9 Å². The maximum absolute atomic E-state index is 5.70. The molecule has 5 heteroatoms. The molecule has 2 aromatic rings. The summed E-state index contributed by atoms with van der Waals surface area (Å²) < 4.78 is 5.70. The molecule has 0 saturated carbocycles. The van der Waals surface area contributed by atoms with Gasteiger partial charge in [0, 0.05) is 17.8 Å². The fourth-order valence-corrected chi connectivity index (χ4v) is 2.60. The molecule has 0 aliphatic heterocycles. The van der Waals surface area contributed by atoms with Crippen LogP contribution in [0.15, 0.2) is 36.4 Å². The van der Waals surface area contributed by atoms with Crippen molar-refractivity contribution in [3.63, 3.8) is 0 Å². The largest absolute Gasteiger partial charge is 0.461 e. The van der Waals surface area contributed by atoms with Crippen LogP contribution in [-0.2, 0) is 0 Å². The van der Waals surface area contributed by atoms with Crippen molar-refractivity contribution < 1.29 is 4.74 Å². The summed E-state index contributed by atoms with van der Waals surface area (Å²) in [6.07, 6.45) is 1.02. The van der Waals surface area contributed by atoms with Gasteiger partial charge in [0.25, 0.3) is 0 Å². The predicted octanol–water partition coefficient (Wildman–Crippen LogP) is 4.22. The lowest BCUT2D eigenvalue weighted by molar-refractivity contribution is 0.223. The van der Waals surface area contributed by atoms with Crippen LogP contribution in [0.25, 0.3) is 11.3 Å². The van der Waals surface area contributed by atoms with Crippen LogP contribution >= 0.6 is 0 Å². The zero-order valence-electron chi connectivity index (χ0n) is 14.1. The number of benzene rings is 1. The van der Waals surface area contributed by atoms with Gasteiger partial charge >= 0.3 is 6.01 Å². The summed E-state index contributed by atoms with van der Waals surface area (Å²) in [6.45, 7) is 10.9. The van der Waals surface area contributed by atoms with Crippen molar-refractivity contribution in [1.29, 1.82) is 0 Å². The molecule has 1 aromatic carbocycles. The molecule has 0 fully saturated rings. The number of anilines is 1. The number of ether oxygens (including phenoxy) is 1. The predicted molar refractivity (Wildman–Crippen MR) is 95.1 cm³/mol. The van der Waals surface area contributed by atoms with Crippen LogP contribution in [0.2, 0.25) is 19.6 Å². The minimum Gasteiger partial charge on any atom is -0.461 e.